The molecule has 2 N–H and O–H groups in total. The Labute approximate surface area is 171 Å². The molecule has 0 radical (unpaired) electrons. The molecule has 0 unspecified atom stereocenters. The molecule has 1 aromatic heterocycles. The van der Waals surface area contributed by atoms with Crippen molar-refractivity contribution < 1.29 is 14.3 Å². The van der Waals surface area contributed by atoms with Gasteiger partial charge >= 0.3 is 0 Å². The number of fused-ring (bicyclic) bond motifs is 1. The number of aromatic amines is 1. The maximum Gasteiger partial charge on any atom is 0.217 e. The van der Waals surface area contributed by atoms with Gasteiger partial charge in [-0.25, -0.2) is 0 Å². The number of H-pyrrole nitrogens is 1. The van der Waals surface area contributed by atoms with E-state index in [9.17, 15) is 4.79 Å². The van der Waals surface area contributed by atoms with Crippen LogP contribution in [0.4, 0.5) is 0 Å². The first-order valence-corrected chi connectivity index (χ1v) is 10.3. The second kappa shape index (κ2) is 8.55. The quantitative estimate of drug-likeness (QED) is 0.781. The van der Waals surface area contributed by atoms with Crippen LogP contribution >= 0.6 is 0 Å². The van der Waals surface area contributed by atoms with Gasteiger partial charge in [0.05, 0.1) is 31.1 Å². The van der Waals surface area contributed by atoms with E-state index in [2.05, 4.69) is 32.5 Å². The number of aromatic nitrogens is 2. The molecule has 4 rings (SSSR count). The van der Waals surface area contributed by atoms with Gasteiger partial charge in [-0.1, -0.05) is 0 Å². The van der Waals surface area contributed by atoms with Gasteiger partial charge in [-0.05, 0) is 48.9 Å². The average Bonchev–Trinajstić information content (AvgIpc) is 3.33. The van der Waals surface area contributed by atoms with Crippen LogP contribution < -0.4 is 10.1 Å². The zero-order valence-electron chi connectivity index (χ0n) is 17.4. The Morgan fingerprint density at radius 1 is 1.21 bits per heavy atom. The van der Waals surface area contributed by atoms with Gasteiger partial charge in [-0.15, -0.1) is 0 Å². The molecular formula is C22H30N4O3. The van der Waals surface area contributed by atoms with Crippen molar-refractivity contribution >= 4 is 5.91 Å². The first-order valence-electron chi connectivity index (χ1n) is 10.3. The van der Waals surface area contributed by atoms with Crippen LogP contribution in [0.5, 0.6) is 5.75 Å². The second-order valence-electron chi connectivity index (χ2n) is 8.27. The molecule has 2 aromatic rings. The molecule has 2 aliphatic rings. The smallest absolute Gasteiger partial charge is 0.217 e. The number of benzene rings is 1. The van der Waals surface area contributed by atoms with E-state index in [1.807, 2.05) is 18.3 Å². The Morgan fingerprint density at radius 2 is 1.93 bits per heavy atom. The first kappa shape index (κ1) is 19.9. The zero-order chi connectivity index (χ0) is 20.4. The van der Waals surface area contributed by atoms with Crippen LogP contribution in [-0.2, 0) is 16.1 Å². The lowest BCUT2D eigenvalue weighted by Gasteiger charge is -2.37. The van der Waals surface area contributed by atoms with Crippen LogP contribution in [-0.4, -0.2) is 60.5 Å². The number of hydrogen-bond donors (Lipinski definition) is 2. The topological polar surface area (TPSA) is 79.5 Å². The summed E-state index contributed by atoms with van der Waals surface area (Å²) < 4.78 is 10.9. The minimum Gasteiger partial charge on any atom is -0.497 e. The third-order valence-corrected chi connectivity index (χ3v) is 6.37. The Bertz CT molecular complexity index is 835. The van der Waals surface area contributed by atoms with Crippen molar-refractivity contribution in [3.63, 3.8) is 0 Å². The highest BCUT2D eigenvalue weighted by molar-refractivity contribution is 5.73. The lowest BCUT2D eigenvalue weighted by atomic mass is 9.77. The van der Waals surface area contributed by atoms with Gasteiger partial charge in [0.25, 0.3) is 0 Å². The molecule has 1 saturated carbocycles. The number of methoxy groups -OCH3 is 2. The number of rotatable bonds is 6. The third kappa shape index (κ3) is 4.31. The van der Waals surface area contributed by atoms with E-state index in [0.717, 1.165) is 49.5 Å². The Kier molecular flexibility index (Phi) is 5.87. The van der Waals surface area contributed by atoms with Gasteiger partial charge in [-0.3, -0.25) is 14.8 Å². The van der Waals surface area contributed by atoms with Gasteiger partial charge in [0.1, 0.15) is 5.75 Å². The number of hydrogen-bond acceptors (Lipinski definition) is 5. The molecule has 7 nitrogen and oxygen atoms in total. The fourth-order valence-corrected chi connectivity index (χ4v) is 4.99. The molecule has 1 aliphatic heterocycles. The summed E-state index contributed by atoms with van der Waals surface area (Å²) in [4.78, 5) is 14.1. The van der Waals surface area contributed by atoms with Crippen LogP contribution in [0.15, 0.2) is 30.5 Å². The number of nitrogens with one attached hydrogen (secondary N) is 2. The van der Waals surface area contributed by atoms with Crippen molar-refractivity contribution in [2.24, 2.45) is 11.8 Å². The Morgan fingerprint density at radius 3 is 2.59 bits per heavy atom. The molecule has 1 saturated heterocycles. The number of carbonyl (C=O) groups excluding carboxylic acids is 1. The fourth-order valence-electron chi connectivity index (χ4n) is 4.99. The highest BCUT2D eigenvalue weighted by Crippen LogP contribution is 2.38. The summed E-state index contributed by atoms with van der Waals surface area (Å²) >= 11 is 0. The summed E-state index contributed by atoms with van der Waals surface area (Å²) in [5.74, 6) is 2.07. The average molecular weight is 399 g/mol. The Balaban J connectivity index is 1.43. The van der Waals surface area contributed by atoms with Gasteiger partial charge < -0.3 is 14.8 Å². The summed E-state index contributed by atoms with van der Waals surface area (Å²) in [6.45, 7) is 4.56. The van der Waals surface area contributed by atoms with Crippen LogP contribution in [0.3, 0.4) is 0 Å². The molecule has 4 atom stereocenters. The molecule has 7 heteroatoms. The van der Waals surface area contributed by atoms with Crippen LogP contribution in [0.25, 0.3) is 11.3 Å². The highest BCUT2D eigenvalue weighted by atomic mass is 16.5. The predicted molar refractivity (Wildman–Crippen MR) is 110 cm³/mol. The summed E-state index contributed by atoms with van der Waals surface area (Å²) in [6.07, 6.45) is 4.01. The van der Waals surface area contributed by atoms with Gasteiger partial charge in [-0.2, -0.15) is 5.10 Å². The van der Waals surface area contributed by atoms with E-state index >= 15 is 0 Å². The van der Waals surface area contributed by atoms with Crippen molar-refractivity contribution in [3.8, 4) is 17.0 Å². The van der Waals surface area contributed by atoms with E-state index in [-0.39, 0.29) is 18.1 Å². The van der Waals surface area contributed by atoms with Crippen molar-refractivity contribution in [2.45, 2.75) is 38.5 Å². The predicted octanol–water partition coefficient (Wildman–Crippen LogP) is 2.45. The van der Waals surface area contributed by atoms with E-state index in [0.29, 0.717) is 11.8 Å². The minimum absolute atomic E-state index is 0.0212. The van der Waals surface area contributed by atoms with E-state index < -0.39 is 0 Å². The third-order valence-electron chi connectivity index (χ3n) is 6.37. The summed E-state index contributed by atoms with van der Waals surface area (Å²) in [5, 5.41) is 10.5. The Hall–Kier alpha value is -2.38. The first-order chi connectivity index (χ1) is 14.1. The van der Waals surface area contributed by atoms with Crippen molar-refractivity contribution in [3.05, 3.63) is 36.0 Å². The van der Waals surface area contributed by atoms with Crippen molar-refractivity contribution in [2.75, 3.05) is 27.3 Å². The molecule has 1 amide bonds. The fraction of sp³-hybridized carbons (Fsp3) is 0.545. The molecule has 2 heterocycles. The number of nitrogens with zero attached hydrogens (tertiary/aromatic N) is 2. The SMILES string of the molecule is COc1ccc(-c2[nH]ncc2CN2C[C@H]3C[C@@H](NC(C)=O)[C@H](OC)C[C@H]3C2)cc1. The molecular weight excluding hydrogens is 368 g/mol. The summed E-state index contributed by atoms with van der Waals surface area (Å²) in [7, 11) is 3.42. The van der Waals surface area contributed by atoms with Crippen LogP contribution in [0.2, 0.25) is 0 Å². The van der Waals surface area contributed by atoms with Gasteiger partial charge in [0.15, 0.2) is 0 Å². The largest absolute Gasteiger partial charge is 0.497 e. The summed E-state index contributed by atoms with van der Waals surface area (Å²) in [5.41, 5.74) is 3.38. The molecule has 156 valence electrons. The maximum absolute atomic E-state index is 11.6. The number of ether oxygens (including phenoxy) is 2. The molecule has 1 aliphatic carbocycles. The lowest BCUT2D eigenvalue weighted by molar-refractivity contribution is -0.121. The van der Waals surface area contributed by atoms with Crippen LogP contribution in [0.1, 0.15) is 25.3 Å². The normalized spacial score (nSPS) is 26.9. The van der Waals surface area contributed by atoms with E-state index in [1.165, 1.54) is 5.56 Å². The molecule has 0 bridgehead atoms. The monoisotopic (exact) mass is 398 g/mol. The van der Waals surface area contributed by atoms with E-state index in [1.54, 1.807) is 21.1 Å². The molecule has 0 spiro atoms. The standard InChI is InChI=1S/C22H30N4O3/c1-14(27)24-20-8-16-11-26(12-17(16)9-21(20)29-3)13-18-10-23-25-22(18)15-4-6-19(28-2)7-5-15/h4-7,10,16-17,20-21H,8-9,11-13H2,1-3H3,(H,23,25)(H,24,27)/t16-,17+,20-,21-/m1/s1. The number of amides is 1. The van der Waals surface area contributed by atoms with Crippen molar-refractivity contribution in [1.82, 2.24) is 20.4 Å². The molecule has 1 aromatic carbocycles. The minimum atomic E-state index is 0.0212. The zero-order valence-corrected chi connectivity index (χ0v) is 17.4. The van der Waals surface area contributed by atoms with E-state index in [4.69, 9.17) is 9.47 Å². The number of likely N-dealkylation sites (tertiary alicyclic amines) is 1. The second-order valence-corrected chi connectivity index (χ2v) is 8.27. The highest BCUT2D eigenvalue weighted by Gasteiger charge is 2.42. The number of carbonyl (C=O) groups is 1. The lowest BCUT2D eigenvalue weighted by Crippen LogP contribution is -2.49. The summed E-state index contributed by atoms with van der Waals surface area (Å²) in [6, 6.07) is 8.17. The van der Waals surface area contributed by atoms with Gasteiger partial charge in [0, 0.05) is 44.8 Å². The van der Waals surface area contributed by atoms with Gasteiger partial charge in [0.2, 0.25) is 5.91 Å². The van der Waals surface area contributed by atoms with Crippen molar-refractivity contribution in [1.29, 1.82) is 0 Å². The van der Waals surface area contributed by atoms with Crippen LogP contribution in [0, 0.1) is 11.8 Å². The maximum atomic E-state index is 11.6. The molecule has 29 heavy (non-hydrogen) atoms. The molecule has 2 fully saturated rings.